The van der Waals surface area contributed by atoms with Crippen molar-refractivity contribution < 1.29 is 14.0 Å². The van der Waals surface area contributed by atoms with Gasteiger partial charge in [0.1, 0.15) is 6.26 Å². The Morgan fingerprint density at radius 2 is 1.81 bits per heavy atom. The number of hydrogen-bond acceptors (Lipinski definition) is 3. The topological polar surface area (TPSA) is 65.8 Å². The molecule has 1 unspecified atom stereocenters. The van der Waals surface area contributed by atoms with Crippen LogP contribution in [0.15, 0.2) is 53.3 Å². The SMILES string of the molecule is CC(CCNC(=O)N1CCCN(C(=O)c2ccoc2)CC1)c1ccccc1. The van der Waals surface area contributed by atoms with Gasteiger partial charge in [-0.05, 0) is 30.4 Å². The van der Waals surface area contributed by atoms with Crippen molar-refractivity contribution in [3.63, 3.8) is 0 Å². The largest absolute Gasteiger partial charge is 0.472 e. The summed E-state index contributed by atoms with van der Waals surface area (Å²) in [5, 5.41) is 3.02. The van der Waals surface area contributed by atoms with E-state index in [0.717, 1.165) is 12.8 Å². The number of carbonyl (C=O) groups excluding carboxylic acids is 2. The highest BCUT2D eigenvalue weighted by molar-refractivity contribution is 5.93. The Labute approximate surface area is 160 Å². The molecule has 1 aliphatic rings. The molecule has 1 N–H and O–H groups in total. The second kappa shape index (κ2) is 9.26. The molecule has 1 saturated heterocycles. The Kier molecular flexibility index (Phi) is 6.52. The predicted octanol–water partition coefficient (Wildman–Crippen LogP) is 3.33. The quantitative estimate of drug-likeness (QED) is 0.879. The highest BCUT2D eigenvalue weighted by atomic mass is 16.3. The van der Waals surface area contributed by atoms with Crippen molar-refractivity contribution in [2.75, 3.05) is 32.7 Å². The van der Waals surface area contributed by atoms with Crippen LogP contribution in [0.2, 0.25) is 0 Å². The van der Waals surface area contributed by atoms with Crippen LogP contribution in [0.25, 0.3) is 0 Å². The van der Waals surface area contributed by atoms with Gasteiger partial charge in [0.15, 0.2) is 0 Å². The number of furan rings is 1. The molecule has 1 fully saturated rings. The summed E-state index contributed by atoms with van der Waals surface area (Å²) in [6, 6.07) is 12.0. The van der Waals surface area contributed by atoms with Crippen LogP contribution in [0.5, 0.6) is 0 Å². The summed E-state index contributed by atoms with van der Waals surface area (Å²) in [4.78, 5) is 28.5. The van der Waals surface area contributed by atoms with Crippen LogP contribution in [0.4, 0.5) is 4.79 Å². The van der Waals surface area contributed by atoms with E-state index in [2.05, 4.69) is 24.4 Å². The molecule has 6 heteroatoms. The number of urea groups is 1. The van der Waals surface area contributed by atoms with Crippen molar-refractivity contribution in [3.05, 3.63) is 60.1 Å². The molecule has 3 amide bonds. The molecule has 0 radical (unpaired) electrons. The molecule has 1 atom stereocenters. The van der Waals surface area contributed by atoms with Gasteiger partial charge >= 0.3 is 6.03 Å². The van der Waals surface area contributed by atoms with Crippen LogP contribution in [0.3, 0.4) is 0 Å². The zero-order valence-corrected chi connectivity index (χ0v) is 15.8. The van der Waals surface area contributed by atoms with E-state index >= 15 is 0 Å². The third kappa shape index (κ3) is 5.12. The number of nitrogens with one attached hydrogen (secondary N) is 1. The van der Waals surface area contributed by atoms with E-state index in [-0.39, 0.29) is 11.9 Å². The van der Waals surface area contributed by atoms with Gasteiger partial charge < -0.3 is 19.5 Å². The van der Waals surface area contributed by atoms with Crippen LogP contribution in [-0.4, -0.2) is 54.5 Å². The van der Waals surface area contributed by atoms with Gasteiger partial charge in [0.25, 0.3) is 5.91 Å². The maximum absolute atomic E-state index is 12.5. The fraction of sp³-hybridized carbons (Fsp3) is 0.429. The van der Waals surface area contributed by atoms with Gasteiger partial charge in [-0.1, -0.05) is 37.3 Å². The molecule has 2 aromatic rings. The maximum Gasteiger partial charge on any atom is 0.317 e. The minimum absolute atomic E-state index is 0.0392. The van der Waals surface area contributed by atoms with E-state index in [9.17, 15) is 9.59 Å². The summed E-state index contributed by atoms with van der Waals surface area (Å²) in [5.41, 5.74) is 1.85. The van der Waals surface area contributed by atoms with Crippen LogP contribution < -0.4 is 5.32 Å². The highest BCUT2D eigenvalue weighted by Crippen LogP contribution is 2.17. The minimum atomic E-state index is -0.0483. The van der Waals surface area contributed by atoms with Gasteiger partial charge in [0.2, 0.25) is 0 Å². The van der Waals surface area contributed by atoms with Gasteiger partial charge in [-0.2, -0.15) is 0 Å². The fourth-order valence-corrected chi connectivity index (χ4v) is 3.35. The van der Waals surface area contributed by atoms with Crippen molar-refractivity contribution in [2.24, 2.45) is 0 Å². The van der Waals surface area contributed by atoms with E-state index in [0.29, 0.717) is 44.2 Å². The molecule has 2 heterocycles. The zero-order valence-electron chi connectivity index (χ0n) is 15.8. The number of rotatable bonds is 5. The molecule has 1 aromatic heterocycles. The molecule has 3 rings (SSSR count). The highest BCUT2D eigenvalue weighted by Gasteiger charge is 2.23. The summed E-state index contributed by atoms with van der Waals surface area (Å²) >= 11 is 0. The predicted molar refractivity (Wildman–Crippen MR) is 104 cm³/mol. The lowest BCUT2D eigenvalue weighted by molar-refractivity contribution is 0.0761. The molecule has 0 bridgehead atoms. The Morgan fingerprint density at radius 3 is 2.56 bits per heavy atom. The molecule has 1 aromatic carbocycles. The monoisotopic (exact) mass is 369 g/mol. The van der Waals surface area contributed by atoms with Crippen LogP contribution in [-0.2, 0) is 0 Å². The summed E-state index contributed by atoms with van der Waals surface area (Å²) in [7, 11) is 0. The summed E-state index contributed by atoms with van der Waals surface area (Å²) < 4.78 is 4.99. The van der Waals surface area contributed by atoms with E-state index in [4.69, 9.17) is 4.42 Å². The van der Waals surface area contributed by atoms with Crippen molar-refractivity contribution in [1.29, 1.82) is 0 Å². The zero-order chi connectivity index (χ0) is 19.1. The first-order valence-corrected chi connectivity index (χ1v) is 9.54. The van der Waals surface area contributed by atoms with Crippen LogP contribution >= 0.6 is 0 Å². The Bertz CT molecular complexity index is 730. The minimum Gasteiger partial charge on any atom is -0.472 e. The number of carbonyl (C=O) groups is 2. The number of amides is 3. The van der Waals surface area contributed by atoms with Crippen LogP contribution in [0.1, 0.15) is 41.6 Å². The average molecular weight is 369 g/mol. The van der Waals surface area contributed by atoms with Gasteiger partial charge in [-0.3, -0.25) is 4.79 Å². The van der Waals surface area contributed by atoms with Crippen molar-refractivity contribution in [3.8, 4) is 0 Å². The third-order valence-corrected chi connectivity index (χ3v) is 5.06. The smallest absolute Gasteiger partial charge is 0.317 e. The molecular formula is C21H27N3O3. The molecule has 6 nitrogen and oxygen atoms in total. The lowest BCUT2D eigenvalue weighted by atomic mass is 9.98. The van der Waals surface area contributed by atoms with Crippen molar-refractivity contribution >= 4 is 11.9 Å². The van der Waals surface area contributed by atoms with Crippen molar-refractivity contribution in [2.45, 2.75) is 25.7 Å². The Hall–Kier alpha value is -2.76. The third-order valence-electron chi connectivity index (χ3n) is 5.06. The van der Waals surface area contributed by atoms with Gasteiger partial charge in [-0.15, -0.1) is 0 Å². The first-order valence-electron chi connectivity index (χ1n) is 9.54. The standard InChI is InChI=1S/C21H27N3O3/c1-17(18-6-3-2-4-7-18)8-10-22-21(26)24-12-5-11-23(13-14-24)20(25)19-9-15-27-16-19/h2-4,6-7,9,15-17H,5,8,10-14H2,1H3,(H,22,26). The van der Waals surface area contributed by atoms with Crippen molar-refractivity contribution in [1.82, 2.24) is 15.1 Å². The Balaban J connectivity index is 1.43. The van der Waals surface area contributed by atoms with E-state index < -0.39 is 0 Å². The molecule has 0 aliphatic carbocycles. The maximum atomic E-state index is 12.5. The molecule has 1 aliphatic heterocycles. The average Bonchev–Trinajstić information content (AvgIpc) is 3.12. The van der Waals surface area contributed by atoms with Crippen LogP contribution in [0, 0.1) is 0 Å². The van der Waals surface area contributed by atoms with Gasteiger partial charge in [0.05, 0.1) is 11.8 Å². The molecule has 0 saturated carbocycles. The van der Waals surface area contributed by atoms with E-state index in [1.54, 1.807) is 15.9 Å². The second-order valence-corrected chi connectivity index (χ2v) is 6.98. The first kappa shape index (κ1) is 19.0. The fourth-order valence-electron chi connectivity index (χ4n) is 3.35. The van der Waals surface area contributed by atoms with Gasteiger partial charge in [-0.25, -0.2) is 4.79 Å². The van der Waals surface area contributed by atoms with Gasteiger partial charge in [0, 0.05) is 32.7 Å². The number of nitrogens with zero attached hydrogens (tertiary/aromatic N) is 2. The van der Waals surface area contributed by atoms with E-state index in [1.165, 1.54) is 18.1 Å². The normalized spacial score (nSPS) is 15.9. The lowest BCUT2D eigenvalue weighted by Crippen LogP contribution is -2.43. The second-order valence-electron chi connectivity index (χ2n) is 6.98. The summed E-state index contributed by atoms with van der Waals surface area (Å²) in [6.07, 6.45) is 4.64. The summed E-state index contributed by atoms with van der Waals surface area (Å²) in [6.45, 7) is 5.21. The number of benzene rings is 1. The first-order chi connectivity index (χ1) is 13.1. The molecule has 144 valence electrons. The van der Waals surface area contributed by atoms with E-state index in [1.807, 2.05) is 18.2 Å². The Morgan fingerprint density at radius 1 is 1.07 bits per heavy atom. The lowest BCUT2D eigenvalue weighted by Gasteiger charge is -2.22. The number of hydrogen-bond donors (Lipinski definition) is 1. The molecule has 27 heavy (non-hydrogen) atoms. The summed E-state index contributed by atoms with van der Waals surface area (Å²) in [5.74, 6) is 0.362. The molecule has 0 spiro atoms. The molecular weight excluding hydrogens is 342 g/mol.